The van der Waals surface area contributed by atoms with E-state index in [1.165, 1.54) is 14.2 Å². The molecule has 8 heteroatoms. The van der Waals surface area contributed by atoms with E-state index in [1.807, 2.05) is 65.6 Å². The van der Waals surface area contributed by atoms with Crippen LogP contribution in [0.15, 0.2) is 72.9 Å². The number of nitrogens with one attached hydrogen (secondary N) is 1. The molecule has 1 fully saturated rings. The second-order valence-electron chi connectivity index (χ2n) is 7.72. The molecule has 0 spiro atoms. The monoisotopic (exact) mass is 452 g/mol. The number of carbonyl (C=O) groups is 3. The summed E-state index contributed by atoms with van der Waals surface area (Å²) >= 11 is 0. The highest BCUT2D eigenvalue weighted by Crippen LogP contribution is 2.36. The first-order chi connectivity index (χ1) is 15.9. The summed E-state index contributed by atoms with van der Waals surface area (Å²) in [6.45, 7) is 4.43. The molecule has 8 nitrogen and oxygen atoms in total. The van der Waals surface area contributed by atoms with E-state index in [2.05, 4.69) is 11.9 Å². The van der Waals surface area contributed by atoms with Crippen LogP contribution in [-0.4, -0.2) is 49.2 Å². The molecular weight excluding hydrogens is 424 g/mol. The van der Waals surface area contributed by atoms with Crippen molar-refractivity contribution in [1.82, 2.24) is 10.2 Å². The Hall–Kier alpha value is -3.65. The summed E-state index contributed by atoms with van der Waals surface area (Å²) < 4.78 is 15.3. The minimum Gasteiger partial charge on any atom is -0.469 e. The molecule has 1 saturated heterocycles. The molecule has 1 aliphatic rings. The topological polar surface area (TPSA) is 94.2 Å². The van der Waals surface area contributed by atoms with Gasteiger partial charge in [0.2, 0.25) is 0 Å². The lowest BCUT2D eigenvalue weighted by Crippen LogP contribution is -2.46. The molecule has 1 amide bonds. The number of carbonyl (C=O) groups excluding carboxylic acids is 3. The van der Waals surface area contributed by atoms with Gasteiger partial charge >= 0.3 is 18.0 Å². The summed E-state index contributed by atoms with van der Waals surface area (Å²) in [5.41, 5.74) is 2.01. The van der Waals surface area contributed by atoms with Gasteiger partial charge in [0, 0.05) is 12.2 Å². The highest BCUT2D eigenvalue weighted by Gasteiger charge is 2.50. The summed E-state index contributed by atoms with van der Waals surface area (Å²) in [5.74, 6) is -1.68. The third kappa shape index (κ3) is 5.98. The molecule has 1 heterocycles. The number of nitrogens with zero attached hydrogens (tertiary/aromatic N) is 1. The highest BCUT2D eigenvalue weighted by molar-refractivity contribution is 5.81. The molecule has 3 rings (SSSR count). The molecule has 0 aliphatic carbocycles. The van der Waals surface area contributed by atoms with E-state index in [9.17, 15) is 14.4 Å². The van der Waals surface area contributed by atoms with Gasteiger partial charge in [-0.15, -0.1) is 0 Å². The third-order valence-electron chi connectivity index (χ3n) is 5.63. The van der Waals surface area contributed by atoms with Crippen LogP contribution in [0.25, 0.3) is 0 Å². The minimum absolute atomic E-state index is 0.0869. The third-order valence-corrected chi connectivity index (χ3v) is 5.63. The molecule has 2 aromatic carbocycles. The lowest BCUT2D eigenvalue weighted by Gasteiger charge is -2.31. The smallest absolute Gasteiger partial charge is 0.411 e. The van der Waals surface area contributed by atoms with Gasteiger partial charge in [0.15, 0.2) is 0 Å². The van der Waals surface area contributed by atoms with E-state index in [0.717, 1.165) is 11.1 Å². The zero-order valence-corrected chi connectivity index (χ0v) is 18.7. The molecule has 33 heavy (non-hydrogen) atoms. The fourth-order valence-corrected chi connectivity index (χ4v) is 4.08. The lowest BCUT2D eigenvalue weighted by molar-refractivity contribution is -0.146. The first-order valence-electron chi connectivity index (χ1n) is 10.6. The van der Waals surface area contributed by atoms with Gasteiger partial charge < -0.3 is 14.2 Å². The summed E-state index contributed by atoms with van der Waals surface area (Å²) in [6.07, 6.45) is -0.523. The van der Waals surface area contributed by atoms with Crippen molar-refractivity contribution in [3.05, 3.63) is 84.1 Å². The number of rotatable bonds is 8. The summed E-state index contributed by atoms with van der Waals surface area (Å²) in [4.78, 5) is 39.4. The first kappa shape index (κ1) is 24.0. The number of benzene rings is 2. The second-order valence-corrected chi connectivity index (χ2v) is 7.72. The maximum atomic E-state index is 12.6. The Morgan fingerprint density at radius 2 is 1.52 bits per heavy atom. The normalized spacial score (nSPS) is 20.0. The number of amides is 1. The van der Waals surface area contributed by atoms with Crippen LogP contribution in [-0.2, 0) is 37.0 Å². The standard InChI is InChI=1S/C25H28N2O6/c1-17(26-25(30)33-16-19-12-8-5-9-13-19)22-20(23(28)31-2)14-21(24(29)32-3)27(22)15-18-10-6-4-7-11-18/h4-13,20-22H,1,14-16H2,2-3H3,(H,26,30)/t20-,21-,22+/m1/s1. The van der Waals surface area contributed by atoms with E-state index in [1.54, 1.807) is 0 Å². The van der Waals surface area contributed by atoms with Gasteiger partial charge in [-0.3, -0.25) is 19.8 Å². The van der Waals surface area contributed by atoms with Crippen LogP contribution in [0.3, 0.4) is 0 Å². The van der Waals surface area contributed by atoms with Gasteiger partial charge in [-0.05, 0) is 17.5 Å². The van der Waals surface area contributed by atoms with Crippen LogP contribution >= 0.6 is 0 Å². The number of hydrogen-bond donors (Lipinski definition) is 1. The molecule has 2 aromatic rings. The Kier molecular flexibility index (Phi) is 8.21. The number of hydrogen-bond acceptors (Lipinski definition) is 7. The maximum absolute atomic E-state index is 12.6. The Morgan fingerprint density at radius 1 is 0.939 bits per heavy atom. The van der Waals surface area contributed by atoms with E-state index in [4.69, 9.17) is 14.2 Å². The Balaban J connectivity index is 1.80. The molecule has 0 aromatic heterocycles. The average Bonchev–Trinajstić information content (AvgIpc) is 3.22. The van der Waals surface area contributed by atoms with Crippen LogP contribution in [0.5, 0.6) is 0 Å². The fraction of sp³-hybridized carbons (Fsp3) is 0.320. The predicted molar refractivity (Wildman–Crippen MR) is 121 cm³/mol. The van der Waals surface area contributed by atoms with Crippen molar-refractivity contribution in [2.45, 2.75) is 31.7 Å². The number of likely N-dealkylation sites (tertiary alicyclic amines) is 1. The van der Waals surface area contributed by atoms with Crippen LogP contribution in [0.1, 0.15) is 17.5 Å². The molecule has 174 valence electrons. The fourth-order valence-electron chi connectivity index (χ4n) is 4.08. The Morgan fingerprint density at radius 3 is 2.09 bits per heavy atom. The van der Waals surface area contributed by atoms with Crippen molar-refractivity contribution >= 4 is 18.0 Å². The van der Waals surface area contributed by atoms with Crippen LogP contribution < -0.4 is 5.32 Å². The van der Waals surface area contributed by atoms with Gasteiger partial charge in [-0.1, -0.05) is 67.2 Å². The van der Waals surface area contributed by atoms with E-state index >= 15 is 0 Å². The highest BCUT2D eigenvalue weighted by atomic mass is 16.5. The van der Waals surface area contributed by atoms with Gasteiger partial charge in [0.1, 0.15) is 12.6 Å². The van der Waals surface area contributed by atoms with Crippen LogP contribution in [0.2, 0.25) is 0 Å². The Labute approximate surface area is 193 Å². The minimum atomic E-state index is -0.718. The number of ether oxygens (including phenoxy) is 3. The largest absolute Gasteiger partial charge is 0.469 e. The average molecular weight is 453 g/mol. The molecule has 1 N–H and O–H groups in total. The molecule has 3 atom stereocenters. The first-order valence-corrected chi connectivity index (χ1v) is 10.6. The molecule has 0 saturated carbocycles. The van der Waals surface area contributed by atoms with Gasteiger partial charge in [0.05, 0.1) is 26.2 Å². The predicted octanol–water partition coefficient (Wildman–Crippen LogP) is 3.03. The zero-order chi connectivity index (χ0) is 23.8. The van der Waals surface area contributed by atoms with E-state index in [0.29, 0.717) is 6.54 Å². The van der Waals surface area contributed by atoms with Crippen LogP contribution in [0.4, 0.5) is 4.79 Å². The summed E-state index contributed by atoms with van der Waals surface area (Å²) in [7, 11) is 2.59. The van der Waals surface area contributed by atoms with Crippen molar-refractivity contribution < 1.29 is 28.6 Å². The van der Waals surface area contributed by atoms with E-state index < -0.39 is 36.0 Å². The van der Waals surface area contributed by atoms with Crippen molar-refractivity contribution in [1.29, 1.82) is 0 Å². The molecular formula is C25H28N2O6. The molecule has 0 unspecified atom stereocenters. The number of methoxy groups -OCH3 is 2. The quantitative estimate of drug-likeness (QED) is 0.486. The SMILES string of the molecule is C=C(NC(=O)OCc1ccccc1)[C@H]1[C@H](C(=O)OC)C[C@H](C(=O)OC)N1Cc1ccccc1. The van der Waals surface area contributed by atoms with Crippen LogP contribution in [0, 0.1) is 5.92 Å². The van der Waals surface area contributed by atoms with Gasteiger partial charge in [-0.2, -0.15) is 0 Å². The zero-order valence-electron chi connectivity index (χ0n) is 18.7. The number of alkyl carbamates (subject to hydrolysis) is 1. The van der Waals surface area contributed by atoms with Crippen molar-refractivity contribution in [3.8, 4) is 0 Å². The molecule has 1 aliphatic heterocycles. The van der Waals surface area contributed by atoms with Crippen molar-refractivity contribution in [2.75, 3.05) is 14.2 Å². The maximum Gasteiger partial charge on any atom is 0.411 e. The Bertz CT molecular complexity index is 979. The summed E-state index contributed by atoms with van der Waals surface area (Å²) in [5, 5.41) is 2.64. The number of esters is 2. The molecule has 0 radical (unpaired) electrons. The van der Waals surface area contributed by atoms with E-state index in [-0.39, 0.29) is 18.7 Å². The lowest BCUT2D eigenvalue weighted by atomic mass is 9.97. The van der Waals surface area contributed by atoms with Gasteiger partial charge in [-0.25, -0.2) is 4.79 Å². The van der Waals surface area contributed by atoms with Gasteiger partial charge in [0.25, 0.3) is 0 Å². The van der Waals surface area contributed by atoms with Crippen molar-refractivity contribution in [2.24, 2.45) is 5.92 Å². The van der Waals surface area contributed by atoms with Crippen molar-refractivity contribution in [3.63, 3.8) is 0 Å². The molecule has 0 bridgehead atoms. The summed E-state index contributed by atoms with van der Waals surface area (Å²) in [6, 6.07) is 17.4. The second kappa shape index (κ2) is 11.3.